The number of benzene rings is 3. The van der Waals surface area contributed by atoms with Crippen molar-refractivity contribution in [1.29, 1.82) is 0 Å². The van der Waals surface area contributed by atoms with E-state index in [1.165, 1.54) is 22.6 Å². The Bertz CT molecular complexity index is 1710. The Morgan fingerprint density at radius 3 is 2.39 bits per heavy atom. The third kappa shape index (κ3) is 5.04. The molecule has 0 amide bonds. The summed E-state index contributed by atoms with van der Waals surface area (Å²) in [6.07, 6.45) is 1.68. The van der Waals surface area contributed by atoms with Gasteiger partial charge in [0.25, 0.3) is 5.56 Å². The lowest BCUT2D eigenvalue weighted by atomic mass is 10.0. The van der Waals surface area contributed by atoms with Crippen molar-refractivity contribution in [3.63, 3.8) is 0 Å². The molecule has 0 atom stereocenters. The SMILES string of the molecule is CCSNc1ccc(Oc2ccc(F)cc2F)c(-c2cn(C)c(=O)c3cc(-c4cc(C)cc(C)c4)oc23)c1. The Morgan fingerprint density at radius 1 is 0.947 bits per heavy atom. The van der Waals surface area contributed by atoms with Crippen LogP contribution in [0.3, 0.4) is 0 Å². The number of pyridine rings is 1. The summed E-state index contributed by atoms with van der Waals surface area (Å²) in [5.74, 6) is 0.107. The molecule has 0 radical (unpaired) electrons. The highest BCUT2D eigenvalue weighted by Gasteiger charge is 2.20. The number of ether oxygens (including phenoxy) is 1. The van der Waals surface area contributed by atoms with Crippen molar-refractivity contribution in [1.82, 2.24) is 4.57 Å². The zero-order valence-electron chi connectivity index (χ0n) is 21.4. The van der Waals surface area contributed by atoms with E-state index in [4.69, 9.17) is 9.15 Å². The molecule has 5 nitrogen and oxygen atoms in total. The number of furan rings is 1. The molecule has 2 heterocycles. The van der Waals surface area contributed by atoms with Gasteiger partial charge in [-0.25, -0.2) is 8.78 Å². The summed E-state index contributed by atoms with van der Waals surface area (Å²) in [6, 6.07) is 16.4. The molecule has 0 spiro atoms. The number of nitrogens with zero attached hydrogens (tertiary/aromatic N) is 1. The van der Waals surface area contributed by atoms with E-state index in [9.17, 15) is 13.6 Å². The minimum atomic E-state index is -0.819. The fraction of sp³-hybridized carbons (Fsp3) is 0.167. The second kappa shape index (κ2) is 10.4. The molecule has 0 bridgehead atoms. The van der Waals surface area contributed by atoms with Crippen LogP contribution >= 0.6 is 11.9 Å². The number of rotatable bonds is 7. The lowest BCUT2D eigenvalue weighted by molar-refractivity contribution is 0.439. The second-order valence-electron chi connectivity index (χ2n) is 9.11. The van der Waals surface area contributed by atoms with Crippen LogP contribution in [0.5, 0.6) is 11.5 Å². The molecule has 0 aliphatic rings. The molecule has 8 heteroatoms. The Hall–Kier alpha value is -4.04. The van der Waals surface area contributed by atoms with Gasteiger partial charge in [0, 0.05) is 47.4 Å². The van der Waals surface area contributed by atoms with Gasteiger partial charge in [0.1, 0.15) is 22.9 Å². The van der Waals surface area contributed by atoms with Crippen LogP contribution in [0.4, 0.5) is 14.5 Å². The van der Waals surface area contributed by atoms with Crippen LogP contribution in [0.1, 0.15) is 18.1 Å². The van der Waals surface area contributed by atoms with Gasteiger partial charge in [-0.15, -0.1) is 0 Å². The first kappa shape index (κ1) is 25.6. The molecular formula is C30H26F2N2O3S. The molecule has 0 unspecified atom stereocenters. The van der Waals surface area contributed by atoms with Gasteiger partial charge in [-0.2, -0.15) is 0 Å². The third-order valence-corrected chi connectivity index (χ3v) is 6.74. The normalized spacial score (nSPS) is 11.2. The van der Waals surface area contributed by atoms with E-state index in [1.807, 2.05) is 45.0 Å². The average molecular weight is 533 g/mol. The molecule has 3 aromatic carbocycles. The third-order valence-electron chi connectivity index (χ3n) is 6.07. The van der Waals surface area contributed by atoms with Crippen molar-refractivity contribution >= 4 is 28.6 Å². The van der Waals surface area contributed by atoms with Crippen LogP contribution in [-0.2, 0) is 7.05 Å². The fourth-order valence-corrected chi connectivity index (χ4v) is 4.86. The van der Waals surface area contributed by atoms with Crippen LogP contribution in [-0.4, -0.2) is 10.3 Å². The quantitative estimate of drug-likeness (QED) is 0.214. The summed E-state index contributed by atoms with van der Waals surface area (Å²) in [7, 11) is 1.67. The average Bonchev–Trinajstić information content (AvgIpc) is 3.33. The number of nitrogens with one attached hydrogen (secondary N) is 1. The second-order valence-corrected chi connectivity index (χ2v) is 10.2. The highest BCUT2D eigenvalue weighted by molar-refractivity contribution is 8.00. The maximum absolute atomic E-state index is 14.5. The number of aryl methyl sites for hydroxylation is 3. The Balaban J connectivity index is 1.72. The van der Waals surface area contributed by atoms with Crippen molar-refractivity contribution < 1.29 is 17.9 Å². The van der Waals surface area contributed by atoms with Crippen molar-refractivity contribution in [2.75, 3.05) is 10.5 Å². The minimum Gasteiger partial charge on any atom is -0.455 e. The van der Waals surface area contributed by atoms with Gasteiger partial charge in [-0.05, 0) is 62.4 Å². The largest absolute Gasteiger partial charge is 0.455 e. The van der Waals surface area contributed by atoms with Gasteiger partial charge in [-0.3, -0.25) is 4.79 Å². The lowest BCUT2D eigenvalue weighted by Crippen LogP contribution is -2.15. The Morgan fingerprint density at radius 2 is 1.68 bits per heavy atom. The number of hydrogen-bond donors (Lipinski definition) is 1. The highest BCUT2D eigenvalue weighted by atomic mass is 32.2. The first-order valence-electron chi connectivity index (χ1n) is 12.1. The standard InChI is InChI=1S/C30H26F2N2O3S/c1-5-38-33-21-7-9-26(36-27-8-6-20(31)13-25(27)32)22(14-21)24-16-34(4)30(35)23-15-28(37-29(23)24)19-11-17(2)10-18(3)12-19/h6-16,33H,5H2,1-4H3. The molecule has 5 rings (SSSR count). The summed E-state index contributed by atoms with van der Waals surface area (Å²) >= 11 is 1.52. The number of anilines is 1. The molecule has 0 saturated carbocycles. The molecule has 0 aliphatic carbocycles. The van der Waals surface area contributed by atoms with Crippen LogP contribution in [0.25, 0.3) is 33.4 Å². The van der Waals surface area contributed by atoms with E-state index in [2.05, 4.69) is 10.8 Å². The maximum Gasteiger partial charge on any atom is 0.261 e. The smallest absolute Gasteiger partial charge is 0.261 e. The number of halogens is 2. The van der Waals surface area contributed by atoms with Gasteiger partial charge in [-0.1, -0.05) is 36.1 Å². The van der Waals surface area contributed by atoms with E-state index >= 15 is 0 Å². The van der Waals surface area contributed by atoms with E-state index < -0.39 is 11.6 Å². The number of hydrogen-bond acceptors (Lipinski definition) is 5. The molecule has 194 valence electrons. The summed E-state index contributed by atoms with van der Waals surface area (Å²) in [6.45, 7) is 6.05. The zero-order chi connectivity index (χ0) is 27.0. The minimum absolute atomic E-state index is 0.118. The molecule has 2 aromatic heterocycles. The van der Waals surface area contributed by atoms with Crippen LogP contribution in [0, 0.1) is 25.5 Å². The van der Waals surface area contributed by atoms with Gasteiger partial charge in [0.2, 0.25) is 0 Å². The van der Waals surface area contributed by atoms with E-state index in [0.717, 1.165) is 40.3 Å². The van der Waals surface area contributed by atoms with E-state index in [1.54, 1.807) is 25.4 Å². The molecule has 0 aliphatic heterocycles. The van der Waals surface area contributed by atoms with Crippen molar-refractivity contribution in [3.8, 4) is 33.9 Å². The highest BCUT2D eigenvalue weighted by Crippen LogP contribution is 2.41. The van der Waals surface area contributed by atoms with Crippen molar-refractivity contribution in [3.05, 3.63) is 100.0 Å². The molecule has 38 heavy (non-hydrogen) atoms. The molecule has 0 saturated heterocycles. The van der Waals surface area contributed by atoms with Crippen LogP contribution < -0.4 is 15.0 Å². The predicted molar refractivity (Wildman–Crippen MR) is 150 cm³/mol. The van der Waals surface area contributed by atoms with Gasteiger partial charge < -0.3 is 18.4 Å². The lowest BCUT2D eigenvalue weighted by Gasteiger charge is -2.15. The number of fused-ring (bicyclic) bond motifs is 1. The summed E-state index contributed by atoms with van der Waals surface area (Å²) in [5.41, 5.74) is 5.19. The van der Waals surface area contributed by atoms with Crippen molar-refractivity contribution in [2.24, 2.45) is 7.05 Å². The van der Waals surface area contributed by atoms with E-state index in [0.29, 0.717) is 33.6 Å². The first-order valence-corrected chi connectivity index (χ1v) is 13.1. The van der Waals surface area contributed by atoms with Gasteiger partial charge in [0.15, 0.2) is 11.6 Å². The summed E-state index contributed by atoms with van der Waals surface area (Å²) in [4.78, 5) is 13.1. The predicted octanol–water partition coefficient (Wildman–Crippen LogP) is 8.23. The summed E-state index contributed by atoms with van der Waals surface area (Å²) < 4.78 is 45.0. The number of aromatic nitrogens is 1. The maximum atomic E-state index is 14.5. The monoisotopic (exact) mass is 532 g/mol. The Kier molecular flexibility index (Phi) is 6.99. The molecule has 1 N–H and O–H groups in total. The van der Waals surface area contributed by atoms with E-state index in [-0.39, 0.29) is 11.3 Å². The van der Waals surface area contributed by atoms with Gasteiger partial charge >= 0.3 is 0 Å². The van der Waals surface area contributed by atoms with Crippen LogP contribution in [0.15, 0.2) is 76.1 Å². The summed E-state index contributed by atoms with van der Waals surface area (Å²) in [5, 5.41) is 0.416. The molecule has 5 aromatic rings. The van der Waals surface area contributed by atoms with Crippen LogP contribution in [0.2, 0.25) is 0 Å². The first-order chi connectivity index (χ1) is 18.2. The Labute approximate surface area is 223 Å². The topological polar surface area (TPSA) is 56.4 Å². The zero-order valence-corrected chi connectivity index (χ0v) is 22.2. The molecule has 0 fully saturated rings. The van der Waals surface area contributed by atoms with Gasteiger partial charge in [0.05, 0.1) is 5.39 Å². The van der Waals surface area contributed by atoms with Crippen molar-refractivity contribution in [2.45, 2.75) is 20.8 Å². The fourth-order valence-electron chi connectivity index (χ4n) is 4.43. The molecular weight excluding hydrogens is 506 g/mol.